The van der Waals surface area contributed by atoms with Crippen LogP contribution in [0.15, 0.2) is 40.0 Å². The van der Waals surface area contributed by atoms with E-state index in [4.69, 9.17) is 20.9 Å². The van der Waals surface area contributed by atoms with Crippen molar-refractivity contribution in [3.05, 3.63) is 47.1 Å². The molecule has 6 rings (SSSR count). The number of imidazole rings is 1. The van der Waals surface area contributed by atoms with E-state index >= 15 is 0 Å². The lowest BCUT2D eigenvalue weighted by Crippen LogP contribution is -2.42. The minimum atomic E-state index is -0.419. The van der Waals surface area contributed by atoms with E-state index in [2.05, 4.69) is 20.1 Å². The number of benzene rings is 1. The van der Waals surface area contributed by atoms with Crippen LogP contribution in [0.3, 0.4) is 0 Å². The van der Waals surface area contributed by atoms with Gasteiger partial charge in [0.15, 0.2) is 12.0 Å². The number of ether oxygens (including phenoxy) is 1. The maximum Gasteiger partial charge on any atom is 0.348 e. The van der Waals surface area contributed by atoms with E-state index in [0.29, 0.717) is 17.1 Å². The van der Waals surface area contributed by atoms with Crippen molar-refractivity contribution in [3.8, 4) is 5.69 Å². The fourth-order valence-corrected chi connectivity index (χ4v) is 3.92. The number of halogens is 1. The number of nitrogens with zero attached hydrogens (tertiary/aromatic N) is 7. The number of hydrazine groups is 1. The predicted octanol–water partition coefficient (Wildman–Crippen LogP) is 2.83. The summed E-state index contributed by atoms with van der Waals surface area (Å²) in [6.45, 7) is 0. The molecule has 1 aromatic carbocycles. The minimum absolute atomic E-state index is 0.255. The number of rotatable bonds is 3. The Labute approximate surface area is 158 Å². The third-order valence-corrected chi connectivity index (χ3v) is 5.55. The maximum absolute atomic E-state index is 6.36. The Morgan fingerprint density at radius 2 is 2.15 bits per heavy atom. The van der Waals surface area contributed by atoms with Crippen molar-refractivity contribution in [2.75, 3.05) is 17.1 Å². The Morgan fingerprint density at radius 3 is 2.96 bits per heavy atom. The molecule has 1 saturated carbocycles. The molecular formula is C17H14ClN7O2. The summed E-state index contributed by atoms with van der Waals surface area (Å²) in [5.74, 6) is 1.33. The number of hydrogen-bond acceptors (Lipinski definition) is 8. The van der Waals surface area contributed by atoms with Crippen LogP contribution in [-0.2, 0) is 10.3 Å². The molecule has 1 unspecified atom stereocenters. The first-order valence-electron chi connectivity index (χ1n) is 8.55. The summed E-state index contributed by atoms with van der Waals surface area (Å²) in [6, 6.07) is 8.29. The van der Waals surface area contributed by atoms with Gasteiger partial charge in [-0.1, -0.05) is 23.4 Å². The SMILES string of the molecule is COC1(c2noc(N3C=NC4c5ccccc5-n5c(cnc5Cl)N43)n2)CC1. The van der Waals surface area contributed by atoms with E-state index in [0.717, 1.165) is 29.9 Å². The van der Waals surface area contributed by atoms with Gasteiger partial charge < -0.3 is 9.26 Å². The van der Waals surface area contributed by atoms with Gasteiger partial charge in [0.1, 0.15) is 11.9 Å². The fourth-order valence-electron chi connectivity index (χ4n) is 3.69. The summed E-state index contributed by atoms with van der Waals surface area (Å²) in [6.07, 6.45) is 4.91. The number of hydrogen-bond donors (Lipinski definition) is 0. The van der Waals surface area contributed by atoms with Gasteiger partial charge in [-0.05, 0) is 30.5 Å². The van der Waals surface area contributed by atoms with E-state index in [1.807, 2.05) is 33.8 Å². The highest BCUT2D eigenvalue weighted by atomic mass is 35.5. The van der Waals surface area contributed by atoms with E-state index in [1.165, 1.54) is 0 Å². The molecule has 2 aliphatic heterocycles. The van der Waals surface area contributed by atoms with Gasteiger partial charge >= 0.3 is 6.01 Å². The summed E-state index contributed by atoms with van der Waals surface area (Å²) < 4.78 is 12.9. The molecule has 0 radical (unpaired) electrons. The number of methoxy groups -OCH3 is 1. The van der Waals surface area contributed by atoms with Gasteiger partial charge in [0.2, 0.25) is 11.1 Å². The van der Waals surface area contributed by atoms with E-state index in [-0.39, 0.29) is 6.17 Å². The molecule has 3 aliphatic rings. The molecule has 10 heteroatoms. The lowest BCUT2D eigenvalue weighted by atomic mass is 10.1. The summed E-state index contributed by atoms with van der Waals surface area (Å²) in [4.78, 5) is 13.5. The third-order valence-electron chi connectivity index (χ3n) is 5.29. The van der Waals surface area contributed by atoms with Crippen LogP contribution in [0, 0.1) is 0 Å². The second kappa shape index (κ2) is 5.08. The zero-order chi connectivity index (χ0) is 18.2. The number of aromatic nitrogens is 4. The third kappa shape index (κ3) is 1.92. The van der Waals surface area contributed by atoms with Crippen LogP contribution in [0.5, 0.6) is 0 Å². The first-order chi connectivity index (χ1) is 13.2. The van der Waals surface area contributed by atoms with Gasteiger partial charge in [-0.25, -0.2) is 15.0 Å². The summed E-state index contributed by atoms with van der Waals surface area (Å²) in [5.41, 5.74) is 1.55. The quantitative estimate of drug-likeness (QED) is 0.687. The standard InChI is InChI=1S/C17H14ClN7O2/c1-26-17(6-7-17)14-21-16(27-22-14)23-9-20-13-10-4-2-3-5-11(10)24-12(25(13)23)8-19-15(24)18/h2-5,8-9,13H,6-7H2,1H3. The molecule has 0 amide bonds. The van der Waals surface area contributed by atoms with Crippen molar-refractivity contribution in [2.45, 2.75) is 24.6 Å². The highest BCUT2D eigenvalue weighted by molar-refractivity contribution is 6.29. The zero-order valence-electron chi connectivity index (χ0n) is 14.3. The van der Waals surface area contributed by atoms with E-state index < -0.39 is 5.60 Å². The van der Waals surface area contributed by atoms with Crippen molar-refractivity contribution in [3.63, 3.8) is 0 Å². The van der Waals surface area contributed by atoms with Gasteiger partial charge in [-0.15, -0.1) is 0 Å². The van der Waals surface area contributed by atoms with E-state index in [1.54, 1.807) is 24.7 Å². The lowest BCUT2D eigenvalue weighted by molar-refractivity contribution is 0.0689. The Bertz CT molecular complexity index is 1090. The Kier molecular flexibility index (Phi) is 2.86. The predicted molar refractivity (Wildman–Crippen MR) is 97.0 cm³/mol. The van der Waals surface area contributed by atoms with Crippen molar-refractivity contribution in [2.24, 2.45) is 4.99 Å². The summed E-state index contributed by atoms with van der Waals surface area (Å²) in [5, 5.41) is 8.16. The minimum Gasteiger partial charge on any atom is -0.370 e. The molecule has 2 aromatic heterocycles. The zero-order valence-corrected chi connectivity index (χ0v) is 15.0. The number of fused-ring (bicyclic) bond motifs is 6. The first-order valence-corrected chi connectivity index (χ1v) is 8.93. The topological polar surface area (TPSA) is 84.8 Å². The Morgan fingerprint density at radius 1 is 1.30 bits per heavy atom. The van der Waals surface area contributed by atoms with Crippen LogP contribution in [0.1, 0.15) is 30.4 Å². The number of aliphatic imine (C=N–C) groups is 1. The molecule has 136 valence electrons. The first kappa shape index (κ1) is 15.2. The van der Waals surface area contributed by atoms with Crippen molar-refractivity contribution < 1.29 is 9.26 Å². The van der Waals surface area contributed by atoms with Gasteiger partial charge in [-0.2, -0.15) is 9.99 Å². The van der Waals surface area contributed by atoms with Crippen LogP contribution >= 0.6 is 11.6 Å². The number of para-hydroxylation sites is 1. The van der Waals surface area contributed by atoms with Crippen LogP contribution in [-0.4, -0.2) is 33.1 Å². The molecule has 0 bridgehead atoms. The summed E-state index contributed by atoms with van der Waals surface area (Å²) in [7, 11) is 1.67. The van der Waals surface area contributed by atoms with Crippen LogP contribution in [0.4, 0.5) is 11.8 Å². The average molecular weight is 384 g/mol. The highest BCUT2D eigenvalue weighted by Crippen LogP contribution is 2.48. The normalized spacial score (nSPS) is 21.2. The molecule has 1 aliphatic carbocycles. The van der Waals surface area contributed by atoms with Crippen LogP contribution < -0.4 is 10.0 Å². The Hall–Kier alpha value is -2.91. The molecule has 0 saturated heterocycles. The molecule has 3 aromatic rings. The van der Waals surface area contributed by atoms with Crippen LogP contribution in [0.2, 0.25) is 5.28 Å². The highest BCUT2D eigenvalue weighted by Gasteiger charge is 2.50. The lowest BCUT2D eigenvalue weighted by Gasteiger charge is -2.35. The molecule has 1 atom stereocenters. The second-order valence-electron chi connectivity index (χ2n) is 6.71. The molecule has 9 nitrogen and oxygen atoms in total. The monoisotopic (exact) mass is 383 g/mol. The summed E-state index contributed by atoms with van der Waals surface area (Å²) >= 11 is 6.36. The van der Waals surface area contributed by atoms with Crippen molar-refractivity contribution in [1.82, 2.24) is 19.7 Å². The van der Waals surface area contributed by atoms with E-state index in [9.17, 15) is 0 Å². The molecule has 27 heavy (non-hydrogen) atoms. The smallest absolute Gasteiger partial charge is 0.348 e. The molecular weight excluding hydrogens is 370 g/mol. The van der Waals surface area contributed by atoms with Crippen molar-refractivity contribution >= 4 is 29.8 Å². The molecule has 0 N–H and O–H groups in total. The van der Waals surface area contributed by atoms with Gasteiger partial charge in [0.05, 0.1) is 11.9 Å². The largest absolute Gasteiger partial charge is 0.370 e. The van der Waals surface area contributed by atoms with Gasteiger partial charge in [0.25, 0.3) is 0 Å². The van der Waals surface area contributed by atoms with Crippen molar-refractivity contribution in [1.29, 1.82) is 0 Å². The Balaban J connectivity index is 1.46. The van der Waals surface area contributed by atoms with Gasteiger partial charge in [0, 0.05) is 12.7 Å². The maximum atomic E-state index is 6.36. The molecule has 4 heterocycles. The molecule has 1 fully saturated rings. The van der Waals surface area contributed by atoms with Gasteiger partial charge in [-0.3, -0.25) is 4.57 Å². The molecule has 0 spiro atoms. The van der Waals surface area contributed by atoms with Crippen LogP contribution in [0.25, 0.3) is 5.69 Å². The average Bonchev–Trinajstić information content (AvgIpc) is 3.03. The second-order valence-corrected chi connectivity index (χ2v) is 7.04. The number of anilines is 2. The fraction of sp³-hybridized carbons (Fsp3) is 0.294.